The first kappa shape index (κ1) is 16.5. The van der Waals surface area contributed by atoms with E-state index >= 15 is 0 Å². The standard InChI is InChI=1S/C19H15FN2O3/c1-13(24-19-6-5-14(11-21)9-17(19)20)12-23-16-4-2-3-15(10-16)18-7-8-22-25-18/h2-10,13H,12H2,1H3/t13-/m0/s1. The molecule has 0 amide bonds. The second kappa shape index (κ2) is 7.49. The van der Waals surface area contributed by atoms with Crippen LogP contribution in [0, 0.1) is 17.1 Å². The third-order valence-electron chi connectivity index (χ3n) is 3.43. The van der Waals surface area contributed by atoms with Crippen LogP contribution < -0.4 is 9.47 Å². The summed E-state index contributed by atoms with van der Waals surface area (Å²) in [6.45, 7) is 2.01. The number of nitrogens with zero attached hydrogens (tertiary/aromatic N) is 2. The van der Waals surface area contributed by atoms with Gasteiger partial charge in [-0.25, -0.2) is 4.39 Å². The zero-order valence-electron chi connectivity index (χ0n) is 13.5. The van der Waals surface area contributed by atoms with Crippen LogP contribution in [0.5, 0.6) is 11.5 Å². The van der Waals surface area contributed by atoms with Gasteiger partial charge in [-0.3, -0.25) is 0 Å². The molecule has 0 saturated carbocycles. The van der Waals surface area contributed by atoms with Gasteiger partial charge >= 0.3 is 0 Å². The van der Waals surface area contributed by atoms with Gasteiger partial charge in [-0.2, -0.15) is 5.26 Å². The van der Waals surface area contributed by atoms with Crippen LogP contribution in [0.15, 0.2) is 59.3 Å². The molecule has 25 heavy (non-hydrogen) atoms. The molecule has 0 saturated heterocycles. The first-order valence-corrected chi connectivity index (χ1v) is 7.66. The van der Waals surface area contributed by atoms with E-state index in [1.807, 2.05) is 30.3 Å². The van der Waals surface area contributed by atoms with Crippen molar-refractivity contribution in [3.8, 4) is 28.9 Å². The Hall–Kier alpha value is -3.33. The fourth-order valence-electron chi connectivity index (χ4n) is 2.23. The van der Waals surface area contributed by atoms with Gasteiger partial charge in [-0.1, -0.05) is 17.3 Å². The summed E-state index contributed by atoms with van der Waals surface area (Å²) in [5, 5.41) is 12.4. The molecule has 0 spiro atoms. The van der Waals surface area contributed by atoms with Gasteiger partial charge in [0, 0.05) is 11.6 Å². The summed E-state index contributed by atoms with van der Waals surface area (Å²) in [6.07, 6.45) is 1.20. The molecular weight excluding hydrogens is 323 g/mol. The van der Waals surface area contributed by atoms with Crippen molar-refractivity contribution in [2.45, 2.75) is 13.0 Å². The number of hydrogen-bond acceptors (Lipinski definition) is 5. The highest BCUT2D eigenvalue weighted by molar-refractivity contribution is 5.58. The second-order valence-corrected chi connectivity index (χ2v) is 5.40. The molecule has 3 aromatic rings. The maximum absolute atomic E-state index is 13.8. The number of halogens is 1. The summed E-state index contributed by atoms with van der Waals surface area (Å²) in [4.78, 5) is 0. The fourth-order valence-corrected chi connectivity index (χ4v) is 2.23. The van der Waals surface area contributed by atoms with Crippen molar-refractivity contribution >= 4 is 0 Å². The van der Waals surface area contributed by atoms with Gasteiger partial charge in [0.25, 0.3) is 0 Å². The van der Waals surface area contributed by atoms with Gasteiger partial charge < -0.3 is 14.0 Å². The smallest absolute Gasteiger partial charge is 0.166 e. The molecule has 1 heterocycles. The minimum absolute atomic E-state index is 0.0884. The summed E-state index contributed by atoms with van der Waals surface area (Å²) in [5.74, 6) is 0.808. The number of nitriles is 1. The predicted molar refractivity (Wildman–Crippen MR) is 88.6 cm³/mol. The van der Waals surface area contributed by atoms with E-state index in [-0.39, 0.29) is 24.0 Å². The monoisotopic (exact) mass is 338 g/mol. The maximum Gasteiger partial charge on any atom is 0.166 e. The number of hydrogen-bond donors (Lipinski definition) is 0. The Balaban J connectivity index is 1.60. The maximum atomic E-state index is 13.8. The molecule has 0 aliphatic carbocycles. The van der Waals surface area contributed by atoms with Gasteiger partial charge in [0.05, 0.1) is 17.8 Å². The number of rotatable bonds is 6. The van der Waals surface area contributed by atoms with E-state index in [4.69, 9.17) is 19.3 Å². The molecule has 3 rings (SSSR count). The van der Waals surface area contributed by atoms with Gasteiger partial charge in [0.1, 0.15) is 18.5 Å². The molecule has 0 aliphatic heterocycles. The van der Waals surface area contributed by atoms with Gasteiger partial charge in [0.2, 0.25) is 0 Å². The summed E-state index contributed by atoms with van der Waals surface area (Å²) in [6, 6.07) is 15.1. The van der Waals surface area contributed by atoms with Crippen molar-refractivity contribution in [2.24, 2.45) is 0 Å². The lowest BCUT2D eigenvalue weighted by Crippen LogP contribution is -2.21. The molecule has 5 nitrogen and oxygen atoms in total. The number of aromatic nitrogens is 1. The Morgan fingerprint density at radius 3 is 2.84 bits per heavy atom. The lowest BCUT2D eigenvalue weighted by molar-refractivity contribution is 0.138. The lowest BCUT2D eigenvalue weighted by Gasteiger charge is -2.16. The number of benzene rings is 2. The van der Waals surface area contributed by atoms with E-state index in [9.17, 15) is 4.39 Å². The van der Waals surface area contributed by atoms with Gasteiger partial charge in [-0.05, 0) is 37.3 Å². The van der Waals surface area contributed by atoms with Crippen molar-refractivity contribution in [1.29, 1.82) is 5.26 Å². The average Bonchev–Trinajstić information content (AvgIpc) is 3.17. The van der Waals surface area contributed by atoms with E-state index < -0.39 is 5.82 Å². The van der Waals surface area contributed by atoms with Crippen LogP contribution in [-0.4, -0.2) is 17.9 Å². The molecule has 6 heteroatoms. The van der Waals surface area contributed by atoms with Crippen LogP contribution in [0.3, 0.4) is 0 Å². The predicted octanol–water partition coefficient (Wildman–Crippen LogP) is 4.20. The molecule has 0 aliphatic rings. The SMILES string of the molecule is C[C@@H](COc1cccc(-c2ccno2)c1)Oc1ccc(C#N)cc1F. The Kier molecular flexibility index (Phi) is 4.95. The second-order valence-electron chi connectivity index (χ2n) is 5.40. The minimum Gasteiger partial charge on any atom is -0.490 e. The van der Waals surface area contributed by atoms with Crippen molar-refractivity contribution in [3.63, 3.8) is 0 Å². The molecule has 1 atom stereocenters. The van der Waals surface area contributed by atoms with Crippen molar-refractivity contribution < 1.29 is 18.4 Å². The average molecular weight is 338 g/mol. The highest BCUT2D eigenvalue weighted by Gasteiger charge is 2.11. The Bertz CT molecular complexity index is 888. The largest absolute Gasteiger partial charge is 0.490 e. The van der Waals surface area contributed by atoms with Gasteiger partial charge in [0.15, 0.2) is 17.3 Å². The van der Waals surface area contributed by atoms with E-state index in [1.54, 1.807) is 19.2 Å². The van der Waals surface area contributed by atoms with E-state index in [1.165, 1.54) is 12.1 Å². The first-order chi connectivity index (χ1) is 12.2. The highest BCUT2D eigenvalue weighted by atomic mass is 19.1. The van der Waals surface area contributed by atoms with Crippen molar-refractivity contribution in [2.75, 3.05) is 6.61 Å². The molecule has 0 fully saturated rings. The molecule has 1 aromatic heterocycles. The lowest BCUT2D eigenvalue weighted by atomic mass is 10.1. The highest BCUT2D eigenvalue weighted by Crippen LogP contribution is 2.24. The summed E-state index contributed by atoms with van der Waals surface area (Å²) in [7, 11) is 0. The molecule has 126 valence electrons. The number of ether oxygens (including phenoxy) is 2. The summed E-state index contributed by atoms with van der Waals surface area (Å²) in [5.41, 5.74) is 1.10. The third-order valence-corrected chi connectivity index (χ3v) is 3.43. The van der Waals surface area contributed by atoms with Crippen LogP contribution in [0.1, 0.15) is 12.5 Å². The van der Waals surface area contributed by atoms with Crippen LogP contribution in [0.4, 0.5) is 4.39 Å². The molecule has 0 unspecified atom stereocenters. The molecular formula is C19H15FN2O3. The quantitative estimate of drug-likeness (QED) is 0.674. The normalized spacial score (nSPS) is 11.6. The van der Waals surface area contributed by atoms with Crippen LogP contribution in [0.2, 0.25) is 0 Å². The third kappa shape index (κ3) is 4.15. The summed E-state index contributed by atoms with van der Waals surface area (Å²) < 4.78 is 30.2. The minimum atomic E-state index is -0.571. The molecule has 0 radical (unpaired) electrons. The van der Waals surface area contributed by atoms with Crippen LogP contribution >= 0.6 is 0 Å². The van der Waals surface area contributed by atoms with Crippen LogP contribution in [0.25, 0.3) is 11.3 Å². The molecule has 2 aromatic carbocycles. The zero-order valence-corrected chi connectivity index (χ0v) is 13.5. The van der Waals surface area contributed by atoms with Crippen molar-refractivity contribution in [3.05, 3.63) is 66.1 Å². The molecule has 0 bridgehead atoms. The molecule has 0 N–H and O–H groups in total. The van der Waals surface area contributed by atoms with E-state index in [0.29, 0.717) is 11.5 Å². The Morgan fingerprint density at radius 2 is 2.12 bits per heavy atom. The van der Waals surface area contributed by atoms with Gasteiger partial charge in [-0.15, -0.1) is 0 Å². The Labute approximate surface area is 144 Å². The first-order valence-electron chi connectivity index (χ1n) is 7.66. The topological polar surface area (TPSA) is 68.3 Å². The van der Waals surface area contributed by atoms with Crippen molar-refractivity contribution in [1.82, 2.24) is 5.16 Å². The van der Waals surface area contributed by atoms with E-state index in [2.05, 4.69) is 5.16 Å². The van der Waals surface area contributed by atoms with E-state index in [0.717, 1.165) is 11.6 Å². The summed E-state index contributed by atoms with van der Waals surface area (Å²) >= 11 is 0. The van der Waals surface area contributed by atoms with Crippen LogP contribution in [-0.2, 0) is 0 Å². The zero-order chi connectivity index (χ0) is 17.6. The Morgan fingerprint density at radius 1 is 1.24 bits per heavy atom. The fraction of sp³-hybridized carbons (Fsp3) is 0.158.